The molecule has 0 aromatic heterocycles. The second-order valence-electron chi connectivity index (χ2n) is 26.1. The molecule has 23 nitrogen and oxygen atoms in total. The number of carbonyl (C=O) groups excluding carboxylic acids is 1. The van der Waals surface area contributed by atoms with Crippen LogP contribution in [-0.4, -0.2) is 219 Å². The van der Waals surface area contributed by atoms with Crippen molar-refractivity contribution in [2.45, 2.75) is 235 Å². The third kappa shape index (κ3) is 9.56. The number of fused-ring (bicyclic) bond motifs is 7. The molecule has 0 aromatic rings. The molecule has 4 saturated carbocycles. The van der Waals surface area contributed by atoms with Crippen LogP contribution in [0.1, 0.15) is 113 Å². The predicted octanol–water partition coefficient (Wildman–Crippen LogP) is -1.87. The highest BCUT2D eigenvalue weighted by molar-refractivity contribution is 5.74. The fourth-order valence-corrected chi connectivity index (χ4v) is 16.4. The molecule has 28 atom stereocenters. The van der Waals surface area contributed by atoms with Gasteiger partial charge in [-0.1, -0.05) is 60.1 Å². The van der Waals surface area contributed by atoms with Crippen LogP contribution in [0.3, 0.4) is 0 Å². The summed E-state index contributed by atoms with van der Waals surface area (Å²) in [6, 6.07) is 0. The Morgan fingerprint density at radius 3 is 2.03 bits per heavy atom. The van der Waals surface area contributed by atoms with E-state index in [1.807, 2.05) is 0 Å². The summed E-state index contributed by atoms with van der Waals surface area (Å²) in [7, 11) is 0. The Kier molecular flexibility index (Phi) is 16.0. The maximum atomic E-state index is 14.7. The van der Waals surface area contributed by atoms with Crippen LogP contribution < -0.4 is 0 Å². The first-order valence-corrected chi connectivity index (χ1v) is 27.3. The Balaban J connectivity index is 0.882. The highest BCUT2D eigenvalue weighted by Gasteiger charge is 2.69. The van der Waals surface area contributed by atoms with Crippen molar-refractivity contribution in [2.24, 2.45) is 56.7 Å². The molecule has 9 aliphatic rings. The molecular weight excluding hydrogens is 1000 g/mol. The summed E-state index contributed by atoms with van der Waals surface area (Å²) in [5, 5.41) is 151. The van der Waals surface area contributed by atoms with Crippen molar-refractivity contribution in [3.8, 4) is 0 Å². The zero-order valence-electron chi connectivity index (χ0n) is 44.8. The molecule has 4 aliphatic heterocycles. The molecule has 0 spiro atoms. The van der Waals surface area contributed by atoms with Crippen molar-refractivity contribution in [3.05, 3.63) is 11.6 Å². The van der Waals surface area contributed by atoms with Crippen LogP contribution in [0.2, 0.25) is 0 Å². The van der Waals surface area contributed by atoms with E-state index >= 15 is 0 Å². The molecule has 0 radical (unpaired) electrons. The Bertz CT molecular complexity index is 2130. The molecule has 5 aliphatic carbocycles. The number of ether oxygens (including phenoxy) is 8. The number of carbonyl (C=O) groups is 1. The maximum Gasteiger partial charge on any atom is 0.357 e. The fraction of sp³-hybridized carbons (Fsp3) is 0.943. The third-order valence-corrected chi connectivity index (χ3v) is 20.9. The average Bonchev–Trinajstić information content (AvgIpc) is 3.51. The molecule has 8 fully saturated rings. The van der Waals surface area contributed by atoms with Gasteiger partial charge in [-0.3, -0.25) is 4.79 Å². The van der Waals surface area contributed by atoms with Gasteiger partial charge in [-0.15, -0.1) is 0 Å². The Morgan fingerprint density at radius 2 is 1.34 bits per heavy atom. The maximum absolute atomic E-state index is 14.7. The molecule has 0 bridgehead atoms. The molecule has 9 unspecified atom stereocenters. The molecule has 4 heterocycles. The molecule has 76 heavy (non-hydrogen) atoms. The summed E-state index contributed by atoms with van der Waals surface area (Å²) >= 11 is 0. The smallest absolute Gasteiger partial charge is 0.357 e. The minimum atomic E-state index is -3.27. The number of hydrogen-bond donors (Lipinski definition) is 14. The SMILES string of the molecule is C[C@H]1OC(O[C@@H]2C(CO)O[C@@](O)(OCC3O[C@@](O)(OC(=O)[C@@H]4CC(C)(C)C[C@H]5C6=CCC7[C@@]8(C)CC[C@H](OC9OC[C@H](O)[C@@H](O)[C@H]9O)C(C)(C)C8CC[C@@]7(C)[C@]6(C)CCC45)[C@@H](O)C(O)[C@@H]3O)[C@@H](O)C2O)[C@@H](O)[C@@H](O)[C@@H]1O. The van der Waals surface area contributed by atoms with Gasteiger partial charge in [0.2, 0.25) is 0 Å². The average molecular weight is 1090 g/mol. The lowest BCUT2D eigenvalue weighted by Crippen LogP contribution is -2.70. The van der Waals surface area contributed by atoms with E-state index in [2.05, 4.69) is 54.5 Å². The minimum Gasteiger partial charge on any atom is -0.405 e. The van der Waals surface area contributed by atoms with Crippen LogP contribution in [0.25, 0.3) is 0 Å². The number of hydrogen-bond acceptors (Lipinski definition) is 23. The summed E-state index contributed by atoms with van der Waals surface area (Å²) in [5.41, 5.74) is 0.145. The largest absolute Gasteiger partial charge is 0.405 e. The lowest BCUT2D eigenvalue weighted by atomic mass is 9.34. The minimum absolute atomic E-state index is 0.0470. The van der Waals surface area contributed by atoms with Crippen LogP contribution in [-0.2, 0) is 42.7 Å². The molecule has 14 N–H and O–H groups in total. The molecule has 436 valence electrons. The van der Waals surface area contributed by atoms with Crippen molar-refractivity contribution in [1.82, 2.24) is 0 Å². The third-order valence-electron chi connectivity index (χ3n) is 20.9. The van der Waals surface area contributed by atoms with E-state index in [9.17, 15) is 76.3 Å². The van der Waals surface area contributed by atoms with E-state index in [-0.39, 0.29) is 52.1 Å². The van der Waals surface area contributed by atoms with Gasteiger partial charge in [-0.25, -0.2) is 0 Å². The Morgan fingerprint density at radius 1 is 0.684 bits per heavy atom. The van der Waals surface area contributed by atoms with Gasteiger partial charge in [0.15, 0.2) is 24.8 Å². The summed E-state index contributed by atoms with van der Waals surface area (Å²) in [6.07, 6.45) is -20.5. The van der Waals surface area contributed by atoms with Gasteiger partial charge < -0.3 is 109 Å². The summed E-state index contributed by atoms with van der Waals surface area (Å²) < 4.78 is 45.4. The van der Waals surface area contributed by atoms with E-state index in [0.29, 0.717) is 18.8 Å². The first kappa shape index (κ1) is 59.0. The zero-order chi connectivity index (χ0) is 55.8. The normalized spacial score (nSPS) is 55.0. The van der Waals surface area contributed by atoms with Gasteiger partial charge in [0, 0.05) is 0 Å². The second-order valence-corrected chi connectivity index (χ2v) is 26.1. The van der Waals surface area contributed by atoms with Gasteiger partial charge in [-0.05, 0) is 115 Å². The number of allylic oxidation sites excluding steroid dienone is 2. The Labute approximate surface area is 442 Å². The number of esters is 1. The van der Waals surface area contributed by atoms with Gasteiger partial charge in [0.25, 0.3) is 0 Å². The van der Waals surface area contributed by atoms with E-state index in [1.54, 1.807) is 0 Å². The molecule has 0 amide bonds. The van der Waals surface area contributed by atoms with Crippen molar-refractivity contribution in [3.63, 3.8) is 0 Å². The predicted molar refractivity (Wildman–Crippen MR) is 258 cm³/mol. The standard InChI is InChI=1S/C53H86O23/c1-22-33(56)36(59)39(62)46(71-22)73-41-28(19-54)74-52(67,43(65)40(41)63)70-21-29-35(58)37(60)42(64)53(68,75-29)76-44(66)25-18-47(2,3)17-24-23(25)11-15-50(7)26(24)9-10-31-49(6)14-13-32(48(4,5)30(49)12-16-51(31,50)8)72-45-38(61)34(57)27(55)20-69-45/h9,22-25,27-43,45-46,54-65,67-68H,10-21H2,1-8H3/t22-,23?,24-,25-,27+,28?,29?,30?,31?,32+,33-,34-,35-,36+,37?,38-,39+,40?,41-,42+,43+,45?,46?,49+,50-,51-,52+,53-/m1/s1. The van der Waals surface area contributed by atoms with Crippen LogP contribution >= 0.6 is 0 Å². The van der Waals surface area contributed by atoms with Crippen molar-refractivity contribution in [2.75, 3.05) is 19.8 Å². The summed E-state index contributed by atoms with van der Waals surface area (Å²) in [4.78, 5) is 14.7. The number of aliphatic hydroxyl groups is 14. The van der Waals surface area contributed by atoms with Crippen LogP contribution in [0, 0.1) is 56.7 Å². The quantitative estimate of drug-likeness (QED) is 0.0493. The van der Waals surface area contributed by atoms with E-state index in [1.165, 1.54) is 12.5 Å². The lowest BCUT2D eigenvalue weighted by molar-refractivity contribution is -0.473. The fourth-order valence-electron chi connectivity index (χ4n) is 16.4. The van der Waals surface area contributed by atoms with E-state index in [0.717, 1.165) is 44.9 Å². The molecule has 4 saturated heterocycles. The van der Waals surface area contributed by atoms with Crippen LogP contribution in [0.15, 0.2) is 11.6 Å². The molecule has 9 rings (SSSR count). The molecular formula is C53H86O23. The number of rotatable bonds is 10. The monoisotopic (exact) mass is 1090 g/mol. The van der Waals surface area contributed by atoms with Gasteiger partial charge in [0.1, 0.15) is 73.2 Å². The van der Waals surface area contributed by atoms with Crippen molar-refractivity contribution >= 4 is 5.97 Å². The summed E-state index contributed by atoms with van der Waals surface area (Å²) in [6.45, 7) is 15.0. The number of aliphatic hydroxyl groups excluding tert-OH is 12. The highest BCUT2D eigenvalue weighted by Crippen LogP contribution is 2.75. The van der Waals surface area contributed by atoms with Gasteiger partial charge in [0.05, 0.1) is 37.9 Å². The second kappa shape index (κ2) is 20.7. The van der Waals surface area contributed by atoms with E-state index < -0.39 is 147 Å². The molecule has 0 aromatic carbocycles. The van der Waals surface area contributed by atoms with Crippen molar-refractivity contribution < 1.29 is 114 Å². The van der Waals surface area contributed by atoms with Crippen LogP contribution in [0.4, 0.5) is 0 Å². The summed E-state index contributed by atoms with van der Waals surface area (Å²) in [5.74, 6) is -7.91. The van der Waals surface area contributed by atoms with E-state index in [4.69, 9.17) is 37.9 Å². The Hall–Kier alpha value is -1.63. The first-order chi connectivity index (χ1) is 35.3. The first-order valence-electron chi connectivity index (χ1n) is 27.3. The van der Waals surface area contributed by atoms with Gasteiger partial charge in [-0.2, -0.15) is 0 Å². The molecule has 23 heteroatoms. The van der Waals surface area contributed by atoms with Gasteiger partial charge >= 0.3 is 17.9 Å². The lowest BCUT2D eigenvalue weighted by Gasteiger charge is -2.71. The van der Waals surface area contributed by atoms with Crippen LogP contribution in [0.5, 0.6) is 0 Å². The van der Waals surface area contributed by atoms with Crippen molar-refractivity contribution in [1.29, 1.82) is 0 Å². The zero-order valence-corrected chi connectivity index (χ0v) is 44.8. The topological polar surface area (TPSA) is 374 Å². The highest BCUT2D eigenvalue weighted by atomic mass is 16.9.